The van der Waals surface area contributed by atoms with Gasteiger partial charge in [-0.2, -0.15) is 0 Å². The molecule has 0 atom stereocenters. The number of carboxylic acid groups (broad SMARTS) is 1. The van der Waals surface area contributed by atoms with Crippen LogP contribution >= 0.6 is 0 Å². The first-order chi connectivity index (χ1) is 9.65. The summed E-state index contributed by atoms with van der Waals surface area (Å²) in [5, 5.41) is 13.7. The Morgan fingerprint density at radius 1 is 1.15 bits per heavy atom. The van der Waals surface area contributed by atoms with E-state index in [0.717, 1.165) is 11.5 Å². The number of carbonyl (C=O) groups excluding carboxylic acids is 1. The van der Waals surface area contributed by atoms with Crippen LogP contribution < -0.4 is 10.6 Å². The standard InChI is InChI=1S/C15H20N2O3/c18-14(19)8-9-16-15(20)17-10-11-4-6-13(7-5-11)12-2-1-3-12/h4-7,12H,1-3,8-10H2,(H,18,19)(H2,16,17,20). The third-order valence-electron chi connectivity index (χ3n) is 3.63. The Hall–Kier alpha value is -2.04. The van der Waals surface area contributed by atoms with E-state index in [1.807, 2.05) is 12.1 Å². The molecule has 2 rings (SSSR count). The van der Waals surface area contributed by atoms with E-state index in [4.69, 9.17) is 5.11 Å². The van der Waals surface area contributed by atoms with Gasteiger partial charge >= 0.3 is 12.0 Å². The number of carbonyl (C=O) groups is 2. The van der Waals surface area contributed by atoms with E-state index in [0.29, 0.717) is 6.54 Å². The number of rotatable bonds is 6. The Morgan fingerprint density at radius 3 is 2.40 bits per heavy atom. The maximum absolute atomic E-state index is 11.4. The van der Waals surface area contributed by atoms with Crippen LogP contribution in [0, 0.1) is 0 Å². The average Bonchev–Trinajstić information content (AvgIpc) is 2.35. The minimum atomic E-state index is -0.920. The van der Waals surface area contributed by atoms with Crippen LogP contribution in [0.25, 0.3) is 0 Å². The maximum atomic E-state index is 11.4. The van der Waals surface area contributed by atoms with Gasteiger partial charge in [-0.05, 0) is 29.9 Å². The van der Waals surface area contributed by atoms with E-state index < -0.39 is 5.97 Å². The number of hydrogen-bond acceptors (Lipinski definition) is 2. The lowest BCUT2D eigenvalue weighted by molar-refractivity contribution is -0.136. The van der Waals surface area contributed by atoms with Gasteiger partial charge in [-0.1, -0.05) is 30.7 Å². The zero-order chi connectivity index (χ0) is 14.4. The van der Waals surface area contributed by atoms with Crippen molar-refractivity contribution in [2.75, 3.05) is 6.54 Å². The molecule has 1 fully saturated rings. The highest BCUT2D eigenvalue weighted by molar-refractivity contribution is 5.74. The summed E-state index contributed by atoms with van der Waals surface area (Å²) >= 11 is 0. The third-order valence-corrected chi connectivity index (χ3v) is 3.63. The van der Waals surface area contributed by atoms with Crippen molar-refractivity contribution in [1.82, 2.24) is 10.6 Å². The van der Waals surface area contributed by atoms with Crippen LogP contribution in [0.1, 0.15) is 42.7 Å². The molecule has 2 amide bonds. The molecule has 0 aromatic heterocycles. The summed E-state index contributed by atoms with van der Waals surface area (Å²) < 4.78 is 0. The second-order valence-corrected chi connectivity index (χ2v) is 5.12. The summed E-state index contributed by atoms with van der Waals surface area (Å²) in [5.41, 5.74) is 2.42. The minimum Gasteiger partial charge on any atom is -0.481 e. The van der Waals surface area contributed by atoms with Crippen LogP contribution in [0.5, 0.6) is 0 Å². The average molecular weight is 276 g/mol. The van der Waals surface area contributed by atoms with Crippen LogP contribution in [0.2, 0.25) is 0 Å². The van der Waals surface area contributed by atoms with Gasteiger partial charge in [0.15, 0.2) is 0 Å². The molecule has 5 nitrogen and oxygen atoms in total. The molecule has 0 heterocycles. The van der Waals surface area contributed by atoms with Crippen molar-refractivity contribution in [2.45, 2.75) is 38.1 Å². The largest absolute Gasteiger partial charge is 0.481 e. The molecule has 5 heteroatoms. The molecule has 1 aliphatic carbocycles. The normalized spacial score (nSPS) is 14.4. The second kappa shape index (κ2) is 6.93. The van der Waals surface area contributed by atoms with Crippen molar-refractivity contribution in [3.8, 4) is 0 Å². The van der Waals surface area contributed by atoms with Crippen molar-refractivity contribution in [3.63, 3.8) is 0 Å². The molecule has 0 saturated heterocycles. The topological polar surface area (TPSA) is 78.4 Å². The fourth-order valence-electron chi connectivity index (χ4n) is 2.18. The van der Waals surface area contributed by atoms with Crippen molar-refractivity contribution >= 4 is 12.0 Å². The minimum absolute atomic E-state index is 0.0660. The first kappa shape index (κ1) is 14.4. The molecule has 0 bridgehead atoms. The molecule has 1 aromatic rings. The van der Waals surface area contributed by atoms with Gasteiger partial charge in [0.2, 0.25) is 0 Å². The monoisotopic (exact) mass is 276 g/mol. The highest BCUT2D eigenvalue weighted by Crippen LogP contribution is 2.36. The SMILES string of the molecule is O=C(O)CCNC(=O)NCc1ccc(C2CCC2)cc1. The fraction of sp³-hybridized carbons (Fsp3) is 0.467. The quantitative estimate of drug-likeness (QED) is 0.745. The third kappa shape index (κ3) is 4.26. The maximum Gasteiger partial charge on any atom is 0.315 e. The zero-order valence-electron chi connectivity index (χ0n) is 11.4. The number of urea groups is 1. The van der Waals surface area contributed by atoms with Gasteiger partial charge < -0.3 is 15.7 Å². The van der Waals surface area contributed by atoms with E-state index in [9.17, 15) is 9.59 Å². The lowest BCUT2D eigenvalue weighted by atomic mass is 9.80. The molecule has 0 unspecified atom stereocenters. The van der Waals surface area contributed by atoms with E-state index in [2.05, 4.69) is 22.8 Å². The number of aliphatic carboxylic acids is 1. The van der Waals surface area contributed by atoms with Gasteiger partial charge in [0.1, 0.15) is 0 Å². The summed E-state index contributed by atoms with van der Waals surface area (Å²) in [6, 6.07) is 7.98. The van der Waals surface area contributed by atoms with Gasteiger partial charge in [0, 0.05) is 13.1 Å². The lowest BCUT2D eigenvalue weighted by Gasteiger charge is -2.25. The molecule has 0 spiro atoms. The number of benzene rings is 1. The molecule has 1 saturated carbocycles. The first-order valence-corrected chi connectivity index (χ1v) is 6.97. The predicted octanol–water partition coefficient (Wildman–Crippen LogP) is 2.23. The van der Waals surface area contributed by atoms with Crippen LogP contribution in [0.3, 0.4) is 0 Å². The zero-order valence-corrected chi connectivity index (χ0v) is 11.4. The molecular formula is C15H20N2O3. The summed E-state index contributed by atoms with van der Waals surface area (Å²) in [5.74, 6) is -0.201. The van der Waals surface area contributed by atoms with E-state index in [1.54, 1.807) is 0 Å². The van der Waals surface area contributed by atoms with Crippen LogP contribution in [0.4, 0.5) is 4.79 Å². The molecule has 0 aliphatic heterocycles. The lowest BCUT2D eigenvalue weighted by Crippen LogP contribution is -2.36. The van der Waals surface area contributed by atoms with Gasteiger partial charge in [0.05, 0.1) is 6.42 Å². The molecule has 0 radical (unpaired) electrons. The van der Waals surface area contributed by atoms with Gasteiger partial charge in [-0.25, -0.2) is 4.79 Å². The Balaban J connectivity index is 1.70. The predicted molar refractivity (Wildman–Crippen MR) is 75.5 cm³/mol. The number of nitrogens with one attached hydrogen (secondary N) is 2. The van der Waals surface area contributed by atoms with Crippen molar-refractivity contribution < 1.29 is 14.7 Å². The highest BCUT2D eigenvalue weighted by Gasteiger charge is 2.18. The number of carboxylic acids is 1. The second-order valence-electron chi connectivity index (χ2n) is 5.12. The molecule has 1 aliphatic rings. The molecule has 108 valence electrons. The molecule has 1 aromatic carbocycles. The number of hydrogen-bond donors (Lipinski definition) is 3. The summed E-state index contributed by atoms with van der Waals surface area (Å²) in [6.45, 7) is 0.589. The van der Waals surface area contributed by atoms with E-state index in [1.165, 1.54) is 24.8 Å². The summed E-state index contributed by atoms with van der Waals surface area (Å²) in [7, 11) is 0. The van der Waals surface area contributed by atoms with Gasteiger partial charge in [0.25, 0.3) is 0 Å². The Labute approximate surface area is 118 Å². The molecule has 3 N–H and O–H groups in total. The van der Waals surface area contributed by atoms with Crippen molar-refractivity contribution in [1.29, 1.82) is 0 Å². The Bertz CT molecular complexity index is 467. The first-order valence-electron chi connectivity index (χ1n) is 6.97. The van der Waals surface area contributed by atoms with Crippen molar-refractivity contribution in [3.05, 3.63) is 35.4 Å². The summed E-state index contributed by atoms with van der Waals surface area (Å²) in [4.78, 5) is 21.7. The molecular weight excluding hydrogens is 256 g/mol. The smallest absolute Gasteiger partial charge is 0.315 e. The summed E-state index contributed by atoms with van der Waals surface area (Å²) in [6.07, 6.45) is 3.82. The van der Waals surface area contributed by atoms with E-state index >= 15 is 0 Å². The van der Waals surface area contributed by atoms with Gasteiger partial charge in [-0.3, -0.25) is 4.79 Å². The van der Waals surface area contributed by atoms with Crippen molar-refractivity contribution in [2.24, 2.45) is 0 Å². The number of amides is 2. The molecule has 20 heavy (non-hydrogen) atoms. The Kier molecular flexibility index (Phi) is 4.98. The van der Waals surface area contributed by atoms with Crippen LogP contribution in [-0.4, -0.2) is 23.7 Å². The van der Waals surface area contributed by atoms with Gasteiger partial charge in [-0.15, -0.1) is 0 Å². The Morgan fingerprint density at radius 2 is 1.85 bits per heavy atom. The highest BCUT2D eigenvalue weighted by atomic mass is 16.4. The van der Waals surface area contributed by atoms with Crippen LogP contribution in [0.15, 0.2) is 24.3 Å². The fourth-order valence-corrected chi connectivity index (χ4v) is 2.18. The van der Waals surface area contributed by atoms with E-state index in [-0.39, 0.29) is 19.0 Å². The van der Waals surface area contributed by atoms with Crippen LogP contribution in [-0.2, 0) is 11.3 Å².